The Morgan fingerprint density at radius 3 is 2.32 bits per heavy atom. The Balaban J connectivity index is 2.22. The zero-order valence-electron chi connectivity index (χ0n) is 11.0. The fourth-order valence-electron chi connectivity index (χ4n) is 1.80. The summed E-state index contributed by atoms with van der Waals surface area (Å²) in [6, 6.07) is 13.6. The summed E-state index contributed by atoms with van der Waals surface area (Å²) in [7, 11) is 0. The number of rotatable bonds is 4. The Morgan fingerprint density at radius 2 is 1.63 bits per heavy atom. The van der Waals surface area contributed by atoms with E-state index in [4.69, 9.17) is 11.5 Å². The average Bonchev–Trinajstić information content (AvgIpc) is 2.46. The van der Waals surface area contributed by atoms with Crippen LogP contribution in [0.5, 0.6) is 0 Å². The van der Waals surface area contributed by atoms with Crippen molar-refractivity contribution >= 4 is 11.4 Å². The molecule has 0 atom stereocenters. The summed E-state index contributed by atoms with van der Waals surface area (Å²) in [5.41, 5.74) is 16.2. The zero-order chi connectivity index (χ0) is 13.7. The molecule has 2 aromatic carbocycles. The Bertz CT molecular complexity index is 590. The van der Waals surface area contributed by atoms with Gasteiger partial charge in [0.1, 0.15) is 0 Å². The molecule has 0 aliphatic heterocycles. The summed E-state index contributed by atoms with van der Waals surface area (Å²) < 4.78 is 0. The second-order valence-corrected chi connectivity index (χ2v) is 4.39. The summed E-state index contributed by atoms with van der Waals surface area (Å²) in [5.74, 6) is 0. The predicted octanol–water partition coefficient (Wildman–Crippen LogP) is 3.33. The van der Waals surface area contributed by atoms with Crippen molar-refractivity contribution in [2.45, 2.75) is 20.0 Å². The van der Waals surface area contributed by atoms with E-state index in [2.05, 4.69) is 10.2 Å². The maximum atomic E-state index is 5.68. The van der Waals surface area contributed by atoms with Gasteiger partial charge in [0, 0.05) is 13.1 Å². The summed E-state index contributed by atoms with van der Waals surface area (Å²) in [4.78, 5) is 0. The van der Waals surface area contributed by atoms with E-state index in [0.717, 1.165) is 22.5 Å². The molecule has 0 bridgehead atoms. The van der Waals surface area contributed by atoms with Crippen molar-refractivity contribution in [3.05, 3.63) is 59.2 Å². The first-order chi connectivity index (χ1) is 9.22. The van der Waals surface area contributed by atoms with Gasteiger partial charge in [-0.2, -0.15) is 10.2 Å². The molecule has 0 spiro atoms. The molecular formula is C15H18N4. The number of hydrogen-bond acceptors (Lipinski definition) is 4. The normalized spacial score (nSPS) is 11.1. The summed E-state index contributed by atoms with van der Waals surface area (Å²) in [6.07, 6.45) is 0. The molecule has 0 fully saturated rings. The van der Waals surface area contributed by atoms with Crippen molar-refractivity contribution in [3.8, 4) is 0 Å². The molecule has 2 aromatic rings. The van der Waals surface area contributed by atoms with E-state index >= 15 is 0 Å². The third kappa shape index (κ3) is 3.47. The minimum absolute atomic E-state index is 0.505. The van der Waals surface area contributed by atoms with Crippen LogP contribution in [0.25, 0.3) is 0 Å². The molecule has 0 saturated heterocycles. The highest BCUT2D eigenvalue weighted by molar-refractivity contribution is 5.45. The van der Waals surface area contributed by atoms with Gasteiger partial charge in [0.05, 0.1) is 11.4 Å². The van der Waals surface area contributed by atoms with Crippen LogP contribution >= 0.6 is 0 Å². The second-order valence-electron chi connectivity index (χ2n) is 4.39. The predicted molar refractivity (Wildman–Crippen MR) is 77.6 cm³/mol. The number of aryl methyl sites for hydroxylation is 1. The lowest BCUT2D eigenvalue weighted by Crippen LogP contribution is -1.98. The smallest absolute Gasteiger partial charge is 0.0860 e. The fraction of sp³-hybridized carbons (Fsp3) is 0.200. The summed E-state index contributed by atoms with van der Waals surface area (Å²) in [5, 5.41) is 8.45. The number of nitrogens with zero attached hydrogens (tertiary/aromatic N) is 2. The van der Waals surface area contributed by atoms with Crippen molar-refractivity contribution < 1.29 is 0 Å². The quantitative estimate of drug-likeness (QED) is 0.821. The third-order valence-electron chi connectivity index (χ3n) is 2.98. The van der Waals surface area contributed by atoms with Gasteiger partial charge in [-0.25, -0.2) is 0 Å². The molecule has 4 heteroatoms. The van der Waals surface area contributed by atoms with E-state index in [9.17, 15) is 0 Å². The molecule has 4 N–H and O–H groups in total. The minimum Gasteiger partial charge on any atom is -0.326 e. The van der Waals surface area contributed by atoms with Crippen LogP contribution in [-0.2, 0) is 13.1 Å². The van der Waals surface area contributed by atoms with E-state index in [1.54, 1.807) is 0 Å². The molecule has 19 heavy (non-hydrogen) atoms. The van der Waals surface area contributed by atoms with Crippen LogP contribution < -0.4 is 11.5 Å². The highest BCUT2D eigenvalue weighted by Gasteiger charge is 1.98. The van der Waals surface area contributed by atoms with Gasteiger partial charge in [0.15, 0.2) is 0 Å². The van der Waals surface area contributed by atoms with E-state index in [0.29, 0.717) is 13.1 Å². The van der Waals surface area contributed by atoms with Gasteiger partial charge in [-0.1, -0.05) is 18.2 Å². The van der Waals surface area contributed by atoms with E-state index < -0.39 is 0 Å². The number of benzene rings is 2. The first-order valence-corrected chi connectivity index (χ1v) is 6.23. The van der Waals surface area contributed by atoms with Crippen LogP contribution in [0, 0.1) is 6.92 Å². The van der Waals surface area contributed by atoms with Crippen LogP contribution in [0.3, 0.4) is 0 Å². The van der Waals surface area contributed by atoms with Gasteiger partial charge >= 0.3 is 0 Å². The molecular weight excluding hydrogens is 236 g/mol. The zero-order valence-corrected chi connectivity index (χ0v) is 11.0. The Morgan fingerprint density at radius 1 is 0.895 bits per heavy atom. The van der Waals surface area contributed by atoms with Crippen molar-refractivity contribution in [1.82, 2.24) is 0 Å². The van der Waals surface area contributed by atoms with Crippen LogP contribution in [0.1, 0.15) is 16.7 Å². The molecule has 4 nitrogen and oxygen atoms in total. The molecule has 0 aromatic heterocycles. The molecule has 98 valence electrons. The van der Waals surface area contributed by atoms with Crippen molar-refractivity contribution in [2.75, 3.05) is 0 Å². The Hall–Kier alpha value is -2.04. The summed E-state index contributed by atoms with van der Waals surface area (Å²) in [6.45, 7) is 3.05. The second kappa shape index (κ2) is 6.22. The summed E-state index contributed by atoms with van der Waals surface area (Å²) >= 11 is 0. The van der Waals surface area contributed by atoms with Crippen LogP contribution in [-0.4, -0.2) is 0 Å². The van der Waals surface area contributed by atoms with Gasteiger partial charge in [0.2, 0.25) is 0 Å². The van der Waals surface area contributed by atoms with E-state index in [-0.39, 0.29) is 0 Å². The monoisotopic (exact) mass is 254 g/mol. The minimum atomic E-state index is 0.505. The topological polar surface area (TPSA) is 76.8 Å². The van der Waals surface area contributed by atoms with E-state index in [1.807, 2.05) is 49.4 Å². The van der Waals surface area contributed by atoms with Crippen molar-refractivity contribution in [1.29, 1.82) is 0 Å². The maximum absolute atomic E-state index is 5.68. The lowest BCUT2D eigenvalue weighted by atomic mass is 10.1. The lowest BCUT2D eigenvalue weighted by molar-refractivity contribution is 1.04. The Kier molecular flexibility index (Phi) is 4.39. The fourth-order valence-corrected chi connectivity index (χ4v) is 1.80. The highest BCUT2D eigenvalue weighted by Crippen LogP contribution is 2.21. The van der Waals surface area contributed by atoms with Gasteiger partial charge in [0.25, 0.3) is 0 Å². The van der Waals surface area contributed by atoms with Crippen LogP contribution in [0.15, 0.2) is 52.7 Å². The molecule has 0 heterocycles. The molecule has 2 rings (SSSR count). The number of azo groups is 1. The van der Waals surface area contributed by atoms with Crippen molar-refractivity contribution in [2.24, 2.45) is 21.7 Å². The molecule has 0 aliphatic carbocycles. The Labute approximate surface area is 113 Å². The van der Waals surface area contributed by atoms with E-state index in [1.165, 1.54) is 5.56 Å². The molecule has 0 amide bonds. The van der Waals surface area contributed by atoms with Crippen molar-refractivity contribution in [3.63, 3.8) is 0 Å². The lowest BCUT2D eigenvalue weighted by Gasteiger charge is -2.03. The van der Waals surface area contributed by atoms with Gasteiger partial charge in [-0.05, 0) is 47.9 Å². The molecule has 0 aliphatic rings. The number of nitrogens with two attached hydrogens (primary N) is 2. The maximum Gasteiger partial charge on any atom is 0.0860 e. The third-order valence-corrected chi connectivity index (χ3v) is 2.98. The van der Waals surface area contributed by atoms with Crippen LogP contribution in [0.4, 0.5) is 11.4 Å². The largest absolute Gasteiger partial charge is 0.326 e. The molecule has 0 saturated carbocycles. The van der Waals surface area contributed by atoms with Crippen LogP contribution in [0.2, 0.25) is 0 Å². The molecule has 0 radical (unpaired) electrons. The van der Waals surface area contributed by atoms with Gasteiger partial charge < -0.3 is 11.5 Å². The average molecular weight is 254 g/mol. The first-order valence-electron chi connectivity index (χ1n) is 6.23. The first kappa shape index (κ1) is 13.4. The van der Waals surface area contributed by atoms with Gasteiger partial charge in [-0.3, -0.25) is 0 Å². The number of hydrogen-bond donors (Lipinski definition) is 2. The van der Waals surface area contributed by atoms with Gasteiger partial charge in [-0.15, -0.1) is 0 Å². The highest BCUT2D eigenvalue weighted by atomic mass is 15.1. The SMILES string of the molecule is Cc1ccc(N=Nc2cccc(CN)c2)cc1CN. The molecule has 0 unspecified atom stereocenters. The standard InChI is InChI=1S/C15H18N4/c1-11-5-6-15(8-13(11)10-17)19-18-14-4-2-3-12(7-14)9-16/h2-8H,9-10,16-17H2,1H3.